The topological polar surface area (TPSA) is 83.6 Å². The van der Waals surface area contributed by atoms with Gasteiger partial charge in [-0.15, -0.1) is 11.3 Å². The smallest absolute Gasteiger partial charge is 0.270 e. The van der Waals surface area contributed by atoms with Crippen LogP contribution in [0.3, 0.4) is 0 Å². The number of H-pyrrole nitrogens is 1. The Hall–Kier alpha value is -1.76. The molecule has 2 aromatic heterocycles. The number of rotatable bonds is 5. The van der Waals surface area contributed by atoms with Crippen LogP contribution >= 0.6 is 11.3 Å². The predicted octanol–water partition coefficient (Wildman–Crippen LogP) is 2.16. The molecule has 6 nitrogen and oxygen atoms in total. The number of hydrogen-bond acceptors (Lipinski definition) is 5. The molecule has 96 valence electrons. The first-order valence-electron chi connectivity index (χ1n) is 5.83. The number of carbonyl (C=O) groups is 1. The van der Waals surface area contributed by atoms with E-state index < -0.39 is 0 Å². The summed E-state index contributed by atoms with van der Waals surface area (Å²) in [6.45, 7) is 4.03. The Kier molecular flexibility index (Phi) is 4.03. The van der Waals surface area contributed by atoms with Crippen molar-refractivity contribution in [3.8, 4) is 0 Å². The van der Waals surface area contributed by atoms with E-state index in [1.807, 2.05) is 6.92 Å². The van der Waals surface area contributed by atoms with Crippen molar-refractivity contribution in [2.24, 2.45) is 0 Å². The van der Waals surface area contributed by atoms with Crippen molar-refractivity contribution in [1.29, 1.82) is 0 Å². The van der Waals surface area contributed by atoms with Crippen LogP contribution in [0.5, 0.6) is 0 Å². The maximum Gasteiger partial charge on any atom is 0.270 e. The van der Waals surface area contributed by atoms with E-state index >= 15 is 0 Å². The number of thiazole rings is 1. The monoisotopic (exact) mass is 265 g/mol. The van der Waals surface area contributed by atoms with E-state index in [4.69, 9.17) is 0 Å². The second-order valence-corrected chi connectivity index (χ2v) is 5.10. The highest BCUT2D eigenvalue weighted by molar-refractivity contribution is 7.13. The van der Waals surface area contributed by atoms with E-state index in [0.29, 0.717) is 10.8 Å². The van der Waals surface area contributed by atoms with Crippen LogP contribution in [0.15, 0.2) is 6.33 Å². The molecule has 0 aromatic carbocycles. The van der Waals surface area contributed by atoms with Crippen molar-refractivity contribution >= 4 is 23.2 Å². The van der Waals surface area contributed by atoms with Crippen molar-refractivity contribution in [3.63, 3.8) is 0 Å². The number of aromatic amines is 1. The van der Waals surface area contributed by atoms with Crippen LogP contribution in [0.1, 0.15) is 40.1 Å². The van der Waals surface area contributed by atoms with Gasteiger partial charge in [-0.2, -0.15) is 10.1 Å². The van der Waals surface area contributed by atoms with E-state index in [9.17, 15) is 4.79 Å². The second kappa shape index (κ2) is 5.72. The normalized spacial score (nSPS) is 10.6. The summed E-state index contributed by atoms with van der Waals surface area (Å²) in [5.41, 5.74) is 0.872. The zero-order valence-corrected chi connectivity index (χ0v) is 11.2. The lowest BCUT2D eigenvalue weighted by atomic mass is 10.2. The molecule has 2 rings (SSSR count). The Morgan fingerprint density at radius 2 is 2.39 bits per heavy atom. The van der Waals surface area contributed by atoms with Crippen LogP contribution in [-0.4, -0.2) is 26.1 Å². The first kappa shape index (κ1) is 12.7. The summed E-state index contributed by atoms with van der Waals surface area (Å²) >= 11 is 1.41. The summed E-state index contributed by atoms with van der Waals surface area (Å²) in [5.74, 6) is 0.177. The van der Waals surface area contributed by atoms with Gasteiger partial charge in [-0.1, -0.05) is 13.3 Å². The van der Waals surface area contributed by atoms with E-state index in [1.165, 1.54) is 17.7 Å². The molecule has 0 spiro atoms. The molecule has 0 aliphatic carbocycles. The van der Waals surface area contributed by atoms with Gasteiger partial charge in [-0.25, -0.2) is 10.1 Å². The summed E-state index contributed by atoms with van der Waals surface area (Å²) < 4.78 is 0. The summed E-state index contributed by atoms with van der Waals surface area (Å²) in [4.78, 5) is 21.0. The summed E-state index contributed by atoms with van der Waals surface area (Å²) in [7, 11) is 0. The van der Waals surface area contributed by atoms with Gasteiger partial charge in [0.05, 0.1) is 10.7 Å². The zero-order valence-electron chi connectivity index (χ0n) is 10.4. The molecule has 2 aromatic rings. The lowest BCUT2D eigenvalue weighted by Crippen LogP contribution is -2.13. The fourth-order valence-electron chi connectivity index (χ4n) is 1.59. The fourth-order valence-corrected chi connectivity index (χ4v) is 2.45. The Bertz CT molecular complexity index is 520. The first-order valence-corrected chi connectivity index (χ1v) is 6.65. The minimum Gasteiger partial charge on any atom is -0.290 e. The third kappa shape index (κ3) is 2.92. The van der Waals surface area contributed by atoms with Crippen LogP contribution in [0.4, 0.5) is 5.95 Å². The first-order chi connectivity index (χ1) is 8.70. The maximum absolute atomic E-state index is 12.1. The SMILES string of the molecule is CCCCc1nc(C)sc1C(=O)Nc1ncn[nH]1. The highest BCUT2D eigenvalue weighted by Gasteiger charge is 2.17. The van der Waals surface area contributed by atoms with Crippen molar-refractivity contribution in [1.82, 2.24) is 20.2 Å². The average molecular weight is 265 g/mol. The van der Waals surface area contributed by atoms with Crippen LogP contribution in [0, 0.1) is 6.92 Å². The third-order valence-electron chi connectivity index (χ3n) is 2.42. The molecule has 1 amide bonds. The molecule has 0 bridgehead atoms. The van der Waals surface area contributed by atoms with Gasteiger partial charge in [-0.3, -0.25) is 10.1 Å². The number of amides is 1. The van der Waals surface area contributed by atoms with E-state index in [1.54, 1.807) is 0 Å². The molecule has 0 radical (unpaired) electrons. The minimum atomic E-state index is -0.177. The molecule has 0 unspecified atom stereocenters. The van der Waals surface area contributed by atoms with Crippen molar-refractivity contribution in [2.45, 2.75) is 33.1 Å². The molecule has 2 N–H and O–H groups in total. The van der Waals surface area contributed by atoms with Gasteiger partial charge in [0.1, 0.15) is 11.2 Å². The highest BCUT2D eigenvalue weighted by Crippen LogP contribution is 2.20. The van der Waals surface area contributed by atoms with E-state index in [0.717, 1.165) is 30.0 Å². The number of nitrogens with zero attached hydrogens (tertiary/aromatic N) is 3. The number of hydrogen-bond donors (Lipinski definition) is 2. The number of unbranched alkanes of at least 4 members (excludes halogenated alkanes) is 1. The van der Waals surface area contributed by atoms with E-state index in [2.05, 4.69) is 32.4 Å². The van der Waals surface area contributed by atoms with Crippen molar-refractivity contribution in [2.75, 3.05) is 5.32 Å². The van der Waals surface area contributed by atoms with Crippen molar-refractivity contribution < 1.29 is 4.79 Å². The summed E-state index contributed by atoms with van der Waals surface area (Å²) in [6.07, 6.45) is 4.30. The second-order valence-electron chi connectivity index (χ2n) is 3.90. The van der Waals surface area contributed by atoms with Gasteiger partial charge in [0.25, 0.3) is 5.91 Å². The molecule has 0 aliphatic heterocycles. The predicted molar refractivity (Wildman–Crippen MR) is 69.8 cm³/mol. The summed E-state index contributed by atoms with van der Waals surface area (Å²) in [6, 6.07) is 0. The number of anilines is 1. The van der Waals surface area contributed by atoms with Gasteiger partial charge in [0, 0.05) is 0 Å². The maximum atomic E-state index is 12.1. The largest absolute Gasteiger partial charge is 0.290 e. The molecule has 2 heterocycles. The molecule has 0 saturated heterocycles. The molecular formula is C11H15N5OS. The fraction of sp³-hybridized carbons (Fsp3) is 0.455. The Balaban J connectivity index is 2.13. The Morgan fingerprint density at radius 3 is 3.06 bits per heavy atom. The zero-order chi connectivity index (χ0) is 13.0. The quantitative estimate of drug-likeness (QED) is 0.867. The van der Waals surface area contributed by atoms with Gasteiger partial charge >= 0.3 is 0 Å². The molecular weight excluding hydrogens is 250 g/mol. The van der Waals surface area contributed by atoms with Gasteiger partial charge < -0.3 is 0 Å². The molecule has 18 heavy (non-hydrogen) atoms. The Labute approximate surface area is 109 Å². The molecule has 0 aliphatic rings. The number of carbonyl (C=O) groups excluding carboxylic acids is 1. The molecule has 7 heteroatoms. The van der Waals surface area contributed by atoms with Crippen LogP contribution < -0.4 is 5.32 Å². The van der Waals surface area contributed by atoms with Crippen LogP contribution in [-0.2, 0) is 6.42 Å². The standard InChI is InChI=1S/C11H15N5OS/c1-3-4-5-8-9(18-7(2)14-8)10(17)15-11-12-6-13-16-11/h6H,3-5H2,1-2H3,(H2,12,13,15,16,17). The summed E-state index contributed by atoms with van der Waals surface area (Å²) in [5, 5.41) is 9.86. The minimum absolute atomic E-state index is 0.177. The lowest BCUT2D eigenvalue weighted by molar-refractivity contribution is 0.102. The van der Waals surface area contributed by atoms with Crippen molar-refractivity contribution in [3.05, 3.63) is 21.9 Å². The molecule has 0 atom stereocenters. The lowest BCUT2D eigenvalue weighted by Gasteiger charge is -2.01. The van der Waals surface area contributed by atoms with Gasteiger partial charge in [0.15, 0.2) is 0 Å². The van der Waals surface area contributed by atoms with Gasteiger partial charge in [-0.05, 0) is 19.8 Å². The number of aromatic nitrogens is 4. The van der Waals surface area contributed by atoms with Crippen LogP contribution in [0.25, 0.3) is 0 Å². The molecule has 0 fully saturated rings. The molecule has 0 saturated carbocycles. The van der Waals surface area contributed by atoms with E-state index in [-0.39, 0.29) is 5.91 Å². The average Bonchev–Trinajstić information content (AvgIpc) is 2.96. The van der Waals surface area contributed by atoms with Crippen LogP contribution in [0.2, 0.25) is 0 Å². The number of nitrogens with one attached hydrogen (secondary N) is 2. The third-order valence-corrected chi connectivity index (χ3v) is 3.44. The van der Waals surface area contributed by atoms with Gasteiger partial charge in [0.2, 0.25) is 5.95 Å². The number of aryl methyl sites for hydroxylation is 2. The highest BCUT2D eigenvalue weighted by atomic mass is 32.1. The Morgan fingerprint density at radius 1 is 1.56 bits per heavy atom.